The Balaban J connectivity index is 2.79. The van der Waals surface area contributed by atoms with Crippen LogP contribution in [0.25, 0.3) is 0 Å². The summed E-state index contributed by atoms with van der Waals surface area (Å²) in [6.07, 6.45) is 0.464. The molecule has 1 aromatic carbocycles. The fraction of sp³-hybridized carbons (Fsp3) is 0.538. The molecule has 2 N–H and O–H groups in total. The normalized spacial score (nSPS) is 15.3. The van der Waals surface area contributed by atoms with Crippen LogP contribution in [0.2, 0.25) is 0 Å². The number of alkyl halides is 1. The summed E-state index contributed by atoms with van der Waals surface area (Å²) in [6, 6.07) is 8.51. The van der Waals surface area contributed by atoms with Gasteiger partial charge in [0.05, 0.1) is 5.75 Å². The molecule has 0 saturated heterocycles. The summed E-state index contributed by atoms with van der Waals surface area (Å²) in [5, 5.41) is 0. The number of rotatable bonds is 7. The second-order valence-electron chi connectivity index (χ2n) is 4.44. The van der Waals surface area contributed by atoms with Crippen LogP contribution in [0.1, 0.15) is 25.3 Å². The summed E-state index contributed by atoms with van der Waals surface area (Å²) >= 11 is 0. The molecule has 0 spiro atoms. The molecule has 0 heterocycles. The molecule has 0 aliphatic heterocycles. The van der Waals surface area contributed by atoms with E-state index in [9.17, 15) is 12.8 Å². The highest BCUT2D eigenvalue weighted by Crippen LogP contribution is 2.29. The van der Waals surface area contributed by atoms with Gasteiger partial charge in [-0.3, -0.25) is 0 Å². The van der Waals surface area contributed by atoms with Crippen molar-refractivity contribution in [2.24, 2.45) is 5.73 Å². The summed E-state index contributed by atoms with van der Waals surface area (Å²) in [7, 11) is -3.18. The van der Waals surface area contributed by atoms with E-state index in [0.717, 1.165) is 0 Å². The first-order valence-corrected chi connectivity index (χ1v) is 7.90. The van der Waals surface area contributed by atoms with Crippen LogP contribution in [-0.2, 0) is 15.5 Å². The van der Waals surface area contributed by atoms with E-state index in [1.54, 1.807) is 37.3 Å². The zero-order valence-electron chi connectivity index (χ0n) is 10.6. The first-order chi connectivity index (χ1) is 8.43. The maximum Gasteiger partial charge on any atom is 0.150 e. The topological polar surface area (TPSA) is 60.2 Å². The van der Waals surface area contributed by atoms with Gasteiger partial charge in [0.1, 0.15) is 15.5 Å². The average molecular weight is 273 g/mol. The van der Waals surface area contributed by atoms with Crippen molar-refractivity contribution in [2.75, 3.05) is 18.1 Å². The molecule has 18 heavy (non-hydrogen) atoms. The van der Waals surface area contributed by atoms with Crippen molar-refractivity contribution in [2.45, 2.75) is 25.4 Å². The molecule has 0 fully saturated rings. The summed E-state index contributed by atoms with van der Waals surface area (Å²) < 4.78 is 37.9. The number of sulfone groups is 1. The lowest BCUT2D eigenvalue weighted by Crippen LogP contribution is -2.33. The lowest BCUT2D eigenvalue weighted by atomic mass is 9.93. The highest BCUT2D eigenvalue weighted by molar-refractivity contribution is 7.91. The highest BCUT2D eigenvalue weighted by atomic mass is 32.2. The molecule has 1 atom stereocenters. The quantitative estimate of drug-likeness (QED) is 0.827. The maximum absolute atomic E-state index is 14.6. The zero-order valence-corrected chi connectivity index (χ0v) is 11.4. The second-order valence-corrected chi connectivity index (χ2v) is 6.74. The molecule has 0 aromatic heterocycles. The predicted octanol–water partition coefficient (Wildman–Crippen LogP) is 2.03. The molecule has 0 radical (unpaired) electrons. The Morgan fingerprint density at radius 3 is 2.33 bits per heavy atom. The summed E-state index contributed by atoms with van der Waals surface area (Å²) in [4.78, 5) is 0. The average Bonchev–Trinajstić information content (AvgIpc) is 2.37. The van der Waals surface area contributed by atoms with E-state index in [1.165, 1.54) is 0 Å². The highest BCUT2D eigenvalue weighted by Gasteiger charge is 2.31. The van der Waals surface area contributed by atoms with E-state index in [2.05, 4.69) is 0 Å². The first kappa shape index (κ1) is 15.1. The Kier molecular flexibility index (Phi) is 5.28. The SMILES string of the molecule is CCCS(=O)(=O)CCC(F)(CN)c1ccccc1. The van der Waals surface area contributed by atoms with Gasteiger partial charge in [0.15, 0.2) is 0 Å². The summed E-state index contributed by atoms with van der Waals surface area (Å²) in [6.45, 7) is 1.58. The third-order valence-corrected chi connectivity index (χ3v) is 4.80. The minimum atomic E-state index is -3.18. The van der Waals surface area contributed by atoms with Crippen molar-refractivity contribution in [3.63, 3.8) is 0 Å². The first-order valence-electron chi connectivity index (χ1n) is 6.08. The number of hydrogen-bond donors (Lipinski definition) is 1. The van der Waals surface area contributed by atoms with Gasteiger partial charge in [-0.25, -0.2) is 12.8 Å². The van der Waals surface area contributed by atoms with Gasteiger partial charge in [0.2, 0.25) is 0 Å². The fourth-order valence-corrected chi connectivity index (χ4v) is 3.29. The van der Waals surface area contributed by atoms with Crippen molar-refractivity contribution in [3.8, 4) is 0 Å². The molecule has 0 aliphatic rings. The van der Waals surface area contributed by atoms with Crippen LogP contribution < -0.4 is 5.73 Å². The van der Waals surface area contributed by atoms with Gasteiger partial charge in [-0.1, -0.05) is 37.3 Å². The molecular formula is C13H20FNO2S. The third kappa shape index (κ3) is 4.07. The number of hydrogen-bond acceptors (Lipinski definition) is 3. The Labute approximate surface area is 108 Å². The van der Waals surface area contributed by atoms with E-state index in [1.807, 2.05) is 0 Å². The molecule has 0 saturated carbocycles. The van der Waals surface area contributed by atoms with Crippen molar-refractivity contribution < 1.29 is 12.8 Å². The monoisotopic (exact) mass is 273 g/mol. The Hall–Kier alpha value is -0.940. The molecule has 0 bridgehead atoms. The molecule has 5 heteroatoms. The van der Waals surface area contributed by atoms with Crippen molar-refractivity contribution >= 4 is 9.84 Å². The number of halogens is 1. The van der Waals surface area contributed by atoms with Crippen LogP contribution in [0.5, 0.6) is 0 Å². The molecule has 1 aromatic rings. The van der Waals surface area contributed by atoms with E-state index >= 15 is 0 Å². The largest absolute Gasteiger partial charge is 0.327 e. The van der Waals surface area contributed by atoms with E-state index in [-0.39, 0.29) is 24.5 Å². The molecular weight excluding hydrogens is 253 g/mol. The Morgan fingerprint density at radius 2 is 1.83 bits per heavy atom. The third-order valence-electron chi connectivity index (χ3n) is 2.94. The van der Waals surface area contributed by atoms with Crippen molar-refractivity contribution in [1.82, 2.24) is 0 Å². The molecule has 102 valence electrons. The lowest BCUT2D eigenvalue weighted by Gasteiger charge is -2.24. The Bertz CT molecular complexity index is 461. The van der Waals surface area contributed by atoms with Gasteiger partial charge >= 0.3 is 0 Å². The van der Waals surface area contributed by atoms with Crippen LogP contribution in [0.4, 0.5) is 4.39 Å². The molecule has 0 aliphatic carbocycles. The fourth-order valence-electron chi connectivity index (χ4n) is 1.83. The molecule has 0 amide bonds. The van der Waals surface area contributed by atoms with Crippen molar-refractivity contribution in [1.29, 1.82) is 0 Å². The standard InChI is InChI=1S/C13H20FNO2S/c1-2-9-18(16,17)10-8-13(14,11-15)12-6-4-3-5-7-12/h3-7H,2,8-11,15H2,1H3. The van der Waals surface area contributed by atoms with Gasteiger partial charge in [-0.2, -0.15) is 0 Å². The number of benzene rings is 1. The van der Waals surface area contributed by atoms with Crippen molar-refractivity contribution in [3.05, 3.63) is 35.9 Å². The Morgan fingerprint density at radius 1 is 1.22 bits per heavy atom. The van der Waals surface area contributed by atoms with Gasteiger partial charge in [-0.05, 0) is 12.0 Å². The predicted molar refractivity (Wildman–Crippen MR) is 71.8 cm³/mol. The van der Waals surface area contributed by atoms with Crippen LogP contribution in [0.15, 0.2) is 30.3 Å². The van der Waals surface area contributed by atoms with Gasteiger partial charge in [0.25, 0.3) is 0 Å². The summed E-state index contributed by atoms with van der Waals surface area (Å²) in [5.74, 6) is -0.0636. The number of nitrogens with two attached hydrogens (primary N) is 1. The maximum atomic E-state index is 14.6. The smallest absolute Gasteiger partial charge is 0.150 e. The molecule has 1 rings (SSSR count). The van der Waals surface area contributed by atoms with Gasteiger partial charge in [-0.15, -0.1) is 0 Å². The van der Waals surface area contributed by atoms with Crippen LogP contribution in [0.3, 0.4) is 0 Å². The van der Waals surface area contributed by atoms with Crippen LogP contribution >= 0.6 is 0 Å². The minimum absolute atomic E-state index is 0.0875. The summed E-state index contributed by atoms with van der Waals surface area (Å²) in [5.41, 5.74) is 4.15. The van der Waals surface area contributed by atoms with E-state index in [0.29, 0.717) is 12.0 Å². The lowest BCUT2D eigenvalue weighted by molar-refractivity contribution is 0.170. The minimum Gasteiger partial charge on any atom is -0.327 e. The second kappa shape index (κ2) is 6.29. The molecule has 3 nitrogen and oxygen atoms in total. The van der Waals surface area contributed by atoms with Crippen LogP contribution in [0, 0.1) is 0 Å². The van der Waals surface area contributed by atoms with Crippen LogP contribution in [-0.4, -0.2) is 26.5 Å². The van der Waals surface area contributed by atoms with Gasteiger partial charge < -0.3 is 5.73 Å². The zero-order chi connectivity index (χ0) is 13.6. The van der Waals surface area contributed by atoms with Gasteiger partial charge in [0, 0.05) is 18.7 Å². The molecule has 1 unspecified atom stereocenters. The van der Waals surface area contributed by atoms with E-state index < -0.39 is 15.5 Å². The van der Waals surface area contributed by atoms with E-state index in [4.69, 9.17) is 5.73 Å².